The van der Waals surface area contributed by atoms with Crippen molar-refractivity contribution in [2.75, 3.05) is 26.2 Å². The highest BCUT2D eigenvalue weighted by Crippen LogP contribution is 2.21. The topological polar surface area (TPSA) is 49.6 Å². The van der Waals surface area contributed by atoms with Crippen LogP contribution in [0.3, 0.4) is 0 Å². The number of rotatable bonds is 3. The first-order chi connectivity index (χ1) is 11.1. The van der Waals surface area contributed by atoms with E-state index in [1.807, 2.05) is 11.0 Å². The number of oxazole rings is 1. The first-order valence-electron chi connectivity index (χ1n) is 7.79. The van der Waals surface area contributed by atoms with E-state index in [2.05, 4.69) is 9.88 Å². The number of hydrogen-bond acceptors (Lipinski definition) is 4. The van der Waals surface area contributed by atoms with Crippen molar-refractivity contribution in [1.29, 1.82) is 0 Å². The highest BCUT2D eigenvalue weighted by molar-refractivity contribution is 5.73. The van der Waals surface area contributed by atoms with Crippen molar-refractivity contribution >= 4 is 5.91 Å². The number of carbonyl (C=O) groups excluding carboxylic acids is 1. The Morgan fingerprint density at radius 3 is 2.87 bits per heavy atom. The normalized spacial score (nSPS) is 16.3. The molecule has 6 heteroatoms. The zero-order chi connectivity index (χ0) is 16.2. The number of nitrogens with zero attached hydrogens (tertiary/aromatic N) is 3. The number of halogens is 1. The van der Waals surface area contributed by atoms with Crippen molar-refractivity contribution in [2.24, 2.45) is 0 Å². The lowest BCUT2D eigenvalue weighted by atomic mass is 10.1. The summed E-state index contributed by atoms with van der Waals surface area (Å²) in [4.78, 5) is 19.5. The smallest absolute Gasteiger partial charge is 0.225 e. The molecule has 2 heterocycles. The van der Waals surface area contributed by atoms with Gasteiger partial charge in [0.2, 0.25) is 11.8 Å². The monoisotopic (exact) mass is 317 g/mol. The summed E-state index contributed by atoms with van der Waals surface area (Å²) >= 11 is 0. The highest BCUT2D eigenvalue weighted by Gasteiger charge is 2.18. The van der Waals surface area contributed by atoms with E-state index in [0.29, 0.717) is 30.1 Å². The molecule has 0 bridgehead atoms. The van der Waals surface area contributed by atoms with E-state index in [9.17, 15) is 9.18 Å². The molecule has 23 heavy (non-hydrogen) atoms. The van der Waals surface area contributed by atoms with E-state index in [-0.39, 0.29) is 11.7 Å². The lowest BCUT2D eigenvalue weighted by Crippen LogP contribution is -2.33. The highest BCUT2D eigenvalue weighted by atomic mass is 19.1. The largest absolute Gasteiger partial charge is 0.445 e. The van der Waals surface area contributed by atoms with E-state index >= 15 is 0 Å². The molecule has 122 valence electrons. The minimum atomic E-state index is -0.256. The second kappa shape index (κ2) is 6.91. The molecule has 1 aliphatic rings. The maximum absolute atomic E-state index is 14.3. The second-order valence-corrected chi connectivity index (χ2v) is 5.78. The Morgan fingerprint density at radius 2 is 2.17 bits per heavy atom. The summed E-state index contributed by atoms with van der Waals surface area (Å²) in [6.07, 6.45) is 3.92. The van der Waals surface area contributed by atoms with E-state index in [0.717, 1.165) is 26.1 Å². The second-order valence-electron chi connectivity index (χ2n) is 5.78. The Labute approximate surface area is 134 Å². The van der Waals surface area contributed by atoms with E-state index in [4.69, 9.17) is 4.42 Å². The van der Waals surface area contributed by atoms with Gasteiger partial charge in [0, 0.05) is 50.8 Å². The summed E-state index contributed by atoms with van der Waals surface area (Å²) in [6.45, 7) is 5.24. The van der Waals surface area contributed by atoms with E-state index < -0.39 is 0 Å². The SMILES string of the molecule is CC(=O)N1CCCN(Cc2ccc(-c3ncco3)cc2F)CC1. The molecule has 0 radical (unpaired) electrons. The minimum Gasteiger partial charge on any atom is -0.445 e. The zero-order valence-electron chi connectivity index (χ0n) is 13.2. The van der Waals surface area contributed by atoms with Crippen LogP contribution in [0.25, 0.3) is 11.5 Å². The van der Waals surface area contributed by atoms with Crippen molar-refractivity contribution < 1.29 is 13.6 Å². The van der Waals surface area contributed by atoms with Crippen LogP contribution in [0.1, 0.15) is 18.9 Å². The molecule has 0 N–H and O–H groups in total. The standard InChI is InChI=1S/C17H20FN3O2/c1-13(22)21-7-2-6-20(8-9-21)12-15-4-3-14(11-16(15)18)17-19-5-10-23-17/h3-5,10-11H,2,6-9,12H2,1H3. The lowest BCUT2D eigenvalue weighted by Gasteiger charge is -2.21. The van der Waals surface area contributed by atoms with Crippen molar-refractivity contribution in [3.05, 3.63) is 42.0 Å². The van der Waals surface area contributed by atoms with Gasteiger partial charge in [-0.25, -0.2) is 9.37 Å². The molecule has 0 spiro atoms. The van der Waals surface area contributed by atoms with Gasteiger partial charge < -0.3 is 9.32 Å². The quantitative estimate of drug-likeness (QED) is 0.873. The van der Waals surface area contributed by atoms with Crippen LogP contribution in [0, 0.1) is 5.82 Å². The fourth-order valence-corrected chi connectivity index (χ4v) is 2.86. The van der Waals surface area contributed by atoms with Gasteiger partial charge >= 0.3 is 0 Å². The van der Waals surface area contributed by atoms with Crippen molar-refractivity contribution in [3.8, 4) is 11.5 Å². The van der Waals surface area contributed by atoms with Gasteiger partial charge in [0.05, 0.1) is 6.20 Å². The van der Waals surface area contributed by atoms with Gasteiger partial charge in [-0.15, -0.1) is 0 Å². The predicted octanol–water partition coefficient (Wildman–Crippen LogP) is 2.53. The molecular formula is C17H20FN3O2. The van der Waals surface area contributed by atoms with Gasteiger partial charge in [-0.2, -0.15) is 0 Å². The Kier molecular flexibility index (Phi) is 4.71. The van der Waals surface area contributed by atoms with Crippen LogP contribution in [0.15, 0.2) is 35.1 Å². The van der Waals surface area contributed by atoms with Crippen LogP contribution in [0.4, 0.5) is 4.39 Å². The first-order valence-corrected chi connectivity index (χ1v) is 7.79. The molecule has 1 amide bonds. The van der Waals surface area contributed by atoms with Crippen molar-refractivity contribution in [3.63, 3.8) is 0 Å². The van der Waals surface area contributed by atoms with Crippen LogP contribution in [0.5, 0.6) is 0 Å². The summed E-state index contributed by atoms with van der Waals surface area (Å²) < 4.78 is 19.5. The van der Waals surface area contributed by atoms with Gasteiger partial charge in [0.1, 0.15) is 12.1 Å². The minimum absolute atomic E-state index is 0.105. The average molecular weight is 317 g/mol. The number of amides is 1. The molecule has 0 unspecified atom stereocenters. The fourth-order valence-electron chi connectivity index (χ4n) is 2.86. The molecule has 1 fully saturated rings. The molecule has 0 aliphatic carbocycles. The van der Waals surface area contributed by atoms with Gasteiger partial charge in [-0.1, -0.05) is 6.07 Å². The van der Waals surface area contributed by atoms with Crippen molar-refractivity contribution in [2.45, 2.75) is 19.9 Å². The van der Waals surface area contributed by atoms with E-state index in [1.165, 1.54) is 12.3 Å². The molecule has 1 saturated heterocycles. The summed E-state index contributed by atoms with van der Waals surface area (Å²) in [5, 5.41) is 0. The van der Waals surface area contributed by atoms with Crippen LogP contribution in [0.2, 0.25) is 0 Å². The van der Waals surface area contributed by atoms with Gasteiger partial charge in [0.25, 0.3) is 0 Å². The number of hydrogen-bond donors (Lipinski definition) is 0. The maximum Gasteiger partial charge on any atom is 0.225 e. The molecular weight excluding hydrogens is 297 g/mol. The molecule has 1 aromatic heterocycles. The summed E-state index contributed by atoms with van der Waals surface area (Å²) in [5.41, 5.74) is 1.28. The van der Waals surface area contributed by atoms with Gasteiger partial charge in [0.15, 0.2) is 0 Å². The Hall–Kier alpha value is -2.21. The van der Waals surface area contributed by atoms with Gasteiger partial charge in [-0.3, -0.25) is 9.69 Å². The Bertz CT molecular complexity index is 672. The number of aromatic nitrogens is 1. The molecule has 1 aromatic carbocycles. The predicted molar refractivity (Wildman–Crippen MR) is 84.0 cm³/mol. The lowest BCUT2D eigenvalue weighted by molar-refractivity contribution is -0.128. The molecule has 1 aliphatic heterocycles. The Morgan fingerprint density at radius 1 is 1.30 bits per heavy atom. The fraction of sp³-hybridized carbons (Fsp3) is 0.412. The summed E-state index contributed by atoms with van der Waals surface area (Å²) in [5.74, 6) is 0.268. The van der Waals surface area contributed by atoms with Gasteiger partial charge in [-0.05, 0) is 18.6 Å². The number of benzene rings is 1. The summed E-state index contributed by atoms with van der Waals surface area (Å²) in [6, 6.07) is 5.06. The average Bonchev–Trinajstić information content (AvgIpc) is 2.96. The van der Waals surface area contributed by atoms with Crippen LogP contribution >= 0.6 is 0 Å². The Balaban J connectivity index is 1.67. The van der Waals surface area contributed by atoms with E-state index in [1.54, 1.807) is 19.2 Å². The third-order valence-corrected chi connectivity index (χ3v) is 4.16. The third-order valence-electron chi connectivity index (χ3n) is 4.16. The maximum atomic E-state index is 14.3. The molecule has 0 atom stereocenters. The molecule has 0 saturated carbocycles. The van der Waals surface area contributed by atoms with Crippen LogP contribution in [-0.4, -0.2) is 46.9 Å². The molecule has 3 rings (SSSR count). The van der Waals surface area contributed by atoms with Crippen LogP contribution in [-0.2, 0) is 11.3 Å². The number of carbonyl (C=O) groups is 1. The first kappa shape index (κ1) is 15.7. The van der Waals surface area contributed by atoms with Crippen LogP contribution < -0.4 is 0 Å². The van der Waals surface area contributed by atoms with Crippen molar-refractivity contribution in [1.82, 2.24) is 14.8 Å². The molecule has 2 aromatic rings. The molecule has 5 nitrogen and oxygen atoms in total. The zero-order valence-corrected chi connectivity index (χ0v) is 13.2. The third kappa shape index (κ3) is 3.76. The summed E-state index contributed by atoms with van der Waals surface area (Å²) in [7, 11) is 0.